The molecular formula is C75H153F8N11O3. The molecule has 0 saturated carbocycles. The molecule has 11 saturated heterocycles. The number of hydrogen-bond donors (Lipinski definition) is 0. The van der Waals surface area contributed by atoms with E-state index < -0.39 is 36.0 Å². The lowest BCUT2D eigenvalue weighted by atomic mass is 9.97. The number of likely N-dealkylation sites (N-methyl/N-ethyl adjacent to an activating group) is 2. The summed E-state index contributed by atoms with van der Waals surface area (Å²) in [6, 6.07) is 3.30. The molecule has 0 aromatic heterocycles. The Labute approximate surface area is 591 Å². The van der Waals surface area contributed by atoms with E-state index in [0.717, 1.165) is 89.1 Å². The van der Waals surface area contributed by atoms with Gasteiger partial charge in [-0.1, -0.05) is 26.2 Å². The van der Waals surface area contributed by atoms with Crippen LogP contribution in [0.25, 0.3) is 0 Å². The standard InChI is InChI=1S/C8H17N.C7H12F3N.3C7H15NO.3C7H15N.C6H10F3N.2C6H12FN/c1-7-5-4-6-8(2)9(7)3;1-11-4-2-3-6(5-11)7(8,9)10;1-6-4-8(3)5-7(2)9-6;1-7(2)6-8(3)4-5-9-7;1-8-5-3-7(9-2)4-6-8;1-7-3-5-8(2)6-4-7;2*1-7-5-3-4-6-8(7)2;1-10-3-2-5(4-10)6(7,8)9;1-5(7)6-3-8(2)4-6;1-6(7)3-4-8(2)5-6/h7-8H,4-6H2,1-3H3;6H,2-5H2,1H3;6-7H,4-5H2,1-3H3;4-6H2,1-3H3;7H,3-6H2,1-2H3;3*7H,3-6H2,1-2H3;5H,2-4H2,1H3;5-6H,3-4H2,1-2H3;3-5H2,1-2H3. The summed E-state index contributed by atoms with van der Waals surface area (Å²) >= 11 is 0. The quantitative estimate of drug-likeness (QED) is 0.247. The molecule has 0 aliphatic carbocycles. The Hall–Kier alpha value is -1.12. The molecule has 11 rings (SSSR count). The van der Waals surface area contributed by atoms with Gasteiger partial charge in [0.1, 0.15) is 11.8 Å². The molecule has 0 aromatic carbocycles. The van der Waals surface area contributed by atoms with Crippen LogP contribution in [0.5, 0.6) is 0 Å². The predicted octanol–water partition coefficient (Wildman–Crippen LogP) is 13.7. The van der Waals surface area contributed by atoms with Crippen LogP contribution in [-0.2, 0) is 14.2 Å². The fraction of sp³-hybridized carbons (Fsp3) is 1.00. The van der Waals surface area contributed by atoms with E-state index in [0.29, 0.717) is 56.6 Å². The third-order valence-corrected chi connectivity index (χ3v) is 21.4. The largest absolute Gasteiger partial charge is 0.393 e. The van der Waals surface area contributed by atoms with Crippen LogP contribution in [0.1, 0.15) is 185 Å². The van der Waals surface area contributed by atoms with Crippen LogP contribution in [-0.4, -0.2) is 335 Å². The monoisotopic (exact) mass is 1410 g/mol. The molecule has 11 heterocycles. The maximum atomic E-state index is 12.8. The van der Waals surface area contributed by atoms with Crippen molar-refractivity contribution in [1.82, 2.24) is 53.9 Å². The summed E-state index contributed by atoms with van der Waals surface area (Å²) in [4.78, 5) is 24.3. The first kappa shape index (κ1) is 93.9. The van der Waals surface area contributed by atoms with E-state index in [9.17, 15) is 35.1 Å². The topological polar surface area (TPSA) is 63.3 Å². The van der Waals surface area contributed by atoms with Gasteiger partial charge in [0.15, 0.2) is 0 Å². The molecule has 0 N–H and O–H groups in total. The Kier molecular flexibility index (Phi) is 47.3. The molecule has 10 atom stereocenters. The van der Waals surface area contributed by atoms with E-state index in [2.05, 4.69) is 151 Å². The minimum Gasteiger partial charge on any atom is -0.381 e. The van der Waals surface area contributed by atoms with Crippen molar-refractivity contribution in [1.29, 1.82) is 0 Å². The van der Waals surface area contributed by atoms with Gasteiger partial charge in [0.25, 0.3) is 0 Å². The highest BCUT2D eigenvalue weighted by Gasteiger charge is 2.43. The number of nitrogens with zero attached hydrogens (tertiary/aromatic N) is 11. The number of likely N-dealkylation sites (tertiary alicyclic amines) is 9. The third-order valence-electron chi connectivity index (χ3n) is 21.4. The lowest BCUT2D eigenvalue weighted by molar-refractivity contribution is -0.185. The van der Waals surface area contributed by atoms with Gasteiger partial charge in [-0.05, 0) is 282 Å². The minimum absolute atomic E-state index is 0.0764. The summed E-state index contributed by atoms with van der Waals surface area (Å²) in [7, 11) is 24.5. The molecule has 10 unspecified atom stereocenters. The fourth-order valence-corrected chi connectivity index (χ4v) is 13.9. The van der Waals surface area contributed by atoms with Gasteiger partial charge in [-0.15, -0.1) is 0 Å². The number of methoxy groups -OCH3 is 1. The Morgan fingerprint density at radius 2 is 0.845 bits per heavy atom. The summed E-state index contributed by atoms with van der Waals surface area (Å²) in [5.74, 6) is -0.884. The van der Waals surface area contributed by atoms with Crippen molar-refractivity contribution >= 4 is 0 Å². The second-order valence-corrected chi connectivity index (χ2v) is 32.5. The summed E-state index contributed by atoms with van der Waals surface area (Å²) in [6.07, 6.45) is 12.6. The van der Waals surface area contributed by atoms with Gasteiger partial charge in [0, 0.05) is 116 Å². The van der Waals surface area contributed by atoms with Crippen LogP contribution < -0.4 is 0 Å². The highest BCUT2D eigenvalue weighted by molar-refractivity contribution is 4.85. The van der Waals surface area contributed by atoms with Crippen molar-refractivity contribution in [3.63, 3.8) is 0 Å². The molecular weight excluding hydrogens is 1250 g/mol. The molecule has 11 aliphatic rings. The van der Waals surface area contributed by atoms with Gasteiger partial charge in [-0.2, -0.15) is 26.3 Å². The van der Waals surface area contributed by atoms with Gasteiger partial charge in [-0.3, -0.25) is 0 Å². The molecule has 14 nitrogen and oxygen atoms in total. The first-order valence-corrected chi connectivity index (χ1v) is 37.9. The summed E-state index contributed by atoms with van der Waals surface area (Å²) < 4.78 is 113. The molecule has 582 valence electrons. The number of piperidine rings is 6. The van der Waals surface area contributed by atoms with Crippen molar-refractivity contribution in [2.75, 3.05) is 209 Å². The van der Waals surface area contributed by atoms with Gasteiger partial charge in [-0.25, -0.2) is 8.78 Å². The van der Waals surface area contributed by atoms with Crippen LogP contribution in [0.4, 0.5) is 35.1 Å². The Morgan fingerprint density at radius 3 is 1.10 bits per heavy atom. The summed E-state index contributed by atoms with van der Waals surface area (Å²) in [5, 5.41) is 0. The highest BCUT2D eigenvalue weighted by Crippen LogP contribution is 2.34. The number of rotatable bonds is 2. The van der Waals surface area contributed by atoms with E-state index in [1.54, 1.807) is 44.9 Å². The minimum atomic E-state index is -3.99. The average molecular weight is 1410 g/mol. The number of halogens is 8. The van der Waals surface area contributed by atoms with E-state index in [4.69, 9.17) is 14.2 Å². The van der Waals surface area contributed by atoms with Crippen LogP contribution in [0.3, 0.4) is 0 Å². The lowest BCUT2D eigenvalue weighted by Gasteiger charge is -2.36. The van der Waals surface area contributed by atoms with E-state index in [1.165, 1.54) is 123 Å². The van der Waals surface area contributed by atoms with E-state index in [-0.39, 0.29) is 25.1 Å². The molecule has 0 aromatic rings. The number of alkyl halides is 8. The van der Waals surface area contributed by atoms with Crippen molar-refractivity contribution in [2.24, 2.45) is 23.7 Å². The van der Waals surface area contributed by atoms with Gasteiger partial charge in [0.05, 0.1) is 42.4 Å². The lowest BCUT2D eigenvalue weighted by Crippen LogP contribution is -2.47. The fourth-order valence-electron chi connectivity index (χ4n) is 13.9. The zero-order valence-corrected chi connectivity index (χ0v) is 66.6. The average Bonchev–Trinajstić information content (AvgIpc) is 2.07. The smallest absolute Gasteiger partial charge is 0.381 e. The second kappa shape index (κ2) is 48.8. The number of morpholine rings is 2. The Morgan fingerprint density at radius 1 is 0.423 bits per heavy atom. The van der Waals surface area contributed by atoms with Gasteiger partial charge in [0.2, 0.25) is 0 Å². The van der Waals surface area contributed by atoms with Crippen LogP contribution in [0.2, 0.25) is 0 Å². The van der Waals surface area contributed by atoms with Crippen molar-refractivity contribution in [3.8, 4) is 0 Å². The molecule has 0 radical (unpaired) electrons. The zero-order valence-electron chi connectivity index (χ0n) is 66.6. The molecule has 11 aliphatic heterocycles. The third kappa shape index (κ3) is 45.0. The number of hydrogen-bond acceptors (Lipinski definition) is 14. The molecule has 0 spiro atoms. The highest BCUT2D eigenvalue weighted by atomic mass is 19.4. The van der Waals surface area contributed by atoms with E-state index in [1.807, 2.05) is 19.0 Å². The van der Waals surface area contributed by atoms with Crippen LogP contribution >= 0.6 is 0 Å². The zero-order chi connectivity index (χ0) is 73.9. The van der Waals surface area contributed by atoms with Crippen molar-refractivity contribution in [3.05, 3.63) is 0 Å². The Balaban J connectivity index is 0.000000534. The summed E-state index contributed by atoms with van der Waals surface area (Å²) in [5.41, 5.74) is -0.832. The normalized spacial score (nSPS) is 31.7. The first-order valence-electron chi connectivity index (χ1n) is 37.9. The molecule has 97 heavy (non-hydrogen) atoms. The van der Waals surface area contributed by atoms with Gasteiger partial charge >= 0.3 is 12.4 Å². The SMILES string of the molecule is CC(F)C1CN(C)C1.CC1CCCC(C)N1C.CC1CCCCN1C.CC1CCCCN1C.CC1CCN(C)CC1.CC1CN(C)CC(C)O1.CN1CCC(C(F)(F)F)C1.CN1CCC(C)(F)C1.CN1CCCC(C(F)(F)F)C1.CN1CCOC(C)(C)C1.COC1CCN(C)CC1. The van der Waals surface area contributed by atoms with Crippen molar-refractivity contribution in [2.45, 2.75) is 258 Å². The second-order valence-electron chi connectivity index (χ2n) is 32.5. The number of ether oxygens (including phenoxy) is 3. The van der Waals surface area contributed by atoms with E-state index >= 15 is 0 Å². The maximum Gasteiger partial charge on any atom is 0.393 e. The molecule has 0 bridgehead atoms. The van der Waals surface area contributed by atoms with Crippen LogP contribution in [0, 0.1) is 23.7 Å². The maximum absolute atomic E-state index is 12.8. The van der Waals surface area contributed by atoms with Crippen molar-refractivity contribution < 1.29 is 49.3 Å². The first-order chi connectivity index (χ1) is 45.0. The van der Waals surface area contributed by atoms with Crippen LogP contribution in [0.15, 0.2) is 0 Å². The predicted molar refractivity (Wildman–Crippen MR) is 392 cm³/mol. The molecule has 11 fully saturated rings. The van der Waals surface area contributed by atoms with Gasteiger partial charge < -0.3 is 68.1 Å². The Bertz CT molecular complexity index is 1830. The molecule has 22 heteroatoms. The molecule has 0 amide bonds. The summed E-state index contributed by atoms with van der Waals surface area (Å²) in [6.45, 7) is 41.2.